The van der Waals surface area contributed by atoms with E-state index in [4.69, 9.17) is 0 Å². The van der Waals surface area contributed by atoms with E-state index in [1.165, 1.54) is 0 Å². The largest absolute Gasteiger partial charge is 0.316 e. The predicted molar refractivity (Wildman–Crippen MR) is 61.2 cm³/mol. The quantitative estimate of drug-likeness (QED) is 0.762. The Balaban J connectivity index is 2.12. The zero-order chi connectivity index (χ0) is 10.8. The first kappa shape index (κ1) is 10.4. The fourth-order valence-corrected chi connectivity index (χ4v) is 1.90. The van der Waals surface area contributed by atoms with Gasteiger partial charge < -0.3 is 5.32 Å². The number of aryl methyl sites for hydroxylation is 2. The van der Waals surface area contributed by atoms with Gasteiger partial charge in [-0.25, -0.2) is 0 Å². The van der Waals surface area contributed by atoms with Crippen molar-refractivity contribution in [1.29, 1.82) is 0 Å². The molecule has 0 atom stereocenters. The second kappa shape index (κ2) is 4.15. The summed E-state index contributed by atoms with van der Waals surface area (Å²) in [6, 6.07) is 6.09. The minimum Gasteiger partial charge on any atom is -0.316 e. The molecule has 1 aliphatic rings. The summed E-state index contributed by atoms with van der Waals surface area (Å²) in [6.07, 6.45) is 0.692. The molecule has 0 spiro atoms. The number of carbonyl (C=O) groups is 1. The topological polar surface area (TPSA) is 29.1 Å². The van der Waals surface area contributed by atoms with Crippen LogP contribution >= 0.6 is 0 Å². The summed E-state index contributed by atoms with van der Waals surface area (Å²) in [7, 11) is 0. The Morgan fingerprint density at radius 2 is 2.13 bits per heavy atom. The van der Waals surface area contributed by atoms with Gasteiger partial charge in [-0.3, -0.25) is 4.79 Å². The van der Waals surface area contributed by atoms with Gasteiger partial charge in [0.05, 0.1) is 0 Å². The molecule has 0 bridgehead atoms. The van der Waals surface area contributed by atoms with Gasteiger partial charge in [0.15, 0.2) is 5.78 Å². The molecule has 1 saturated heterocycles. The number of hydrogen-bond donors (Lipinski definition) is 1. The summed E-state index contributed by atoms with van der Waals surface area (Å²) in [4.78, 5) is 12.0. The summed E-state index contributed by atoms with van der Waals surface area (Å²) in [5.41, 5.74) is 3.16. The van der Waals surface area contributed by atoms with Crippen LogP contribution in [0.1, 0.15) is 27.9 Å². The van der Waals surface area contributed by atoms with E-state index in [0.717, 1.165) is 29.8 Å². The van der Waals surface area contributed by atoms with E-state index < -0.39 is 0 Å². The number of carbonyl (C=O) groups excluding carboxylic acids is 1. The van der Waals surface area contributed by atoms with Gasteiger partial charge in [0.25, 0.3) is 0 Å². The molecule has 1 heterocycles. The molecular weight excluding hydrogens is 186 g/mol. The molecule has 0 radical (unpaired) electrons. The monoisotopic (exact) mass is 203 g/mol. The fourth-order valence-electron chi connectivity index (χ4n) is 1.90. The molecule has 1 aromatic rings. The lowest BCUT2D eigenvalue weighted by molar-refractivity contribution is 0.0945. The predicted octanol–water partition coefficient (Wildman–Crippen LogP) is 2.10. The summed E-state index contributed by atoms with van der Waals surface area (Å²) < 4.78 is 0. The van der Waals surface area contributed by atoms with Crippen LogP contribution in [-0.2, 0) is 0 Å². The maximum atomic E-state index is 12.0. The van der Waals surface area contributed by atoms with Crippen LogP contribution in [0, 0.1) is 19.8 Å². The van der Waals surface area contributed by atoms with E-state index >= 15 is 0 Å². The molecule has 2 heteroatoms. The third kappa shape index (κ3) is 2.26. The average Bonchev–Trinajstić information content (AvgIpc) is 2.15. The highest BCUT2D eigenvalue weighted by Crippen LogP contribution is 2.17. The van der Waals surface area contributed by atoms with Crippen LogP contribution in [-0.4, -0.2) is 18.9 Å². The van der Waals surface area contributed by atoms with Gasteiger partial charge in [-0.1, -0.05) is 17.7 Å². The zero-order valence-electron chi connectivity index (χ0n) is 9.34. The Bertz CT molecular complexity index is 380. The Kier molecular flexibility index (Phi) is 2.87. The highest BCUT2D eigenvalue weighted by molar-refractivity contribution is 5.97. The summed E-state index contributed by atoms with van der Waals surface area (Å²) >= 11 is 0. The summed E-state index contributed by atoms with van der Waals surface area (Å²) in [5.74, 6) is 0.847. The molecule has 0 saturated carbocycles. The molecule has 0 aliphatic carbocycles. The van der Waals surface area contributed by atoms with E-state index in [1.807, 2.05) is 26.0 Å². The molecule has 15 heavy (non-hydrogen) atoms. The summed E-state index contributed by atoms with van der Waals surface area (Å²) in [5, 5.41) is 3.19. The van der Waals surface area contributed by atoms with Crippen molar-refractivity contribution in [2.24, 2.45) is 5.92 Å². The number of nitrogens with one attached hydrogen (secondary N) is 1. The zero-order valence-corrected chi connectivity index (χ0v) is 9.34. The number of hydrogen-bond acceptors (Lipinski definition) is 2. The highest BCUT2D eigenvalue weighted by Gasteiger charge is 2.21. The Morgan fingerprint density at radius 1 is 1.40 bits per heavy atom. The van der Waals surface area contributed by atoms with E-state index in [1.54, 1.807) is 0 Å². The van der Waals surface area contributed by atoms with Crippen LogP contribution in [0.4, 0.5) is 0 Å². The normalized spacial score (nSPS) is 16.1. The molecule has 0 unspecified atom stereocenters. The average molecular weight is 203 g/mol. The van der Waals surface area contributed by atoms with E-state index in [-0.39, 0.29) is 0 Å². The number of Topliss-reactive ketones (excluding diaryl/α,β-unsaturated/α-hetero) is 1. The van der Waals surface area contributed by atoms with Gasteiger partial charge in [0, 0.05) is 12.0 Å². The molecule has 80 valence electrons. The van der Waals surface area contributed by atoms with Crippen LogP contribution in [0.15, 0.2) is 18.2 Å². The lowest BCUT2D eigenvalue weighted by atomic mass is 9.91. The van der Waals surface area contributed by atoms with Crippen LogP contribution in [0.3, 0.4) is 0 Å². The number of benzene rings is 1. The van der Waals surface area contributed by atoms with Crippen molar-refractivity contribution >= 4 is 5.78 Å². The molecule has 1 aromatic carbocycles. The smallest absolute Gasteiger partial charge is 0.163 e. The minimum atomic E-state index is 0.294. The van der Waals surface area contributed by atoms with E-state index in [9.17, 15) is 4.79 Å². The van der Waals surface area contributed by atoms with Crippen molar-refractivity contribution in [1.82, 2.24) is 5.32 Å². The Labute approximate surface area is 90.7 Å². The van der Waals surface area contributed by atoms with Gasteiger partial charge in [-0.2, -0.15) is 0 Å². The van der Waals surface area contributed by atoms with Gasteiger partial charge in [0.1, 0.15) is 0 Å². The first-order valence-corrected chi connectivity index (χ1v) is 5.48. The van der Waals surface area contributed by atoms with Crippen molar-refractivity contribution in [3.63, 3.8) is 0 Å². The van der Waals surface area contributed by atoms with Gasteiger partial charge in [0.2, 0.25) is 0 Å². The lowest BCUT2D eigenvalue weighted by Crippen LogP contribution is -2.43. The van der Waals surface area contributed by atoms with Gasteiger partial charge in [-0.15, -0.1) is 0 Å². The van der Waals surface area contributed by atoms with Crippen LogP contribution in [0.5, 0.6) is 0 Å². The SMILES string of the molecule is Cc1ccc(C)c(C(=O)CC2CNC2)c1. The second-order valence-electron chi connectivity index (χ2n) is 4.47. The third-order valence-electron chi connectivity index (χ3n) is 3.03. The molecular formula is C13H17NO. The second-order valence-corrected chi connectivity index (χ2v) is 4.47. The Hall–Kier alpha value is -1.15. The van der Waals surface area contributed by atoms with Crippen molar-refractivity contribution in [2.45, 2.75) is 20.3 Å². The summed E-state index contributed by atoms with van der Waals surface area (Å²) in [6.45, 7) is 6.03. The highest BCUT2D eigenvalue weighted by atomic mass is 16.1. The Morgan fingerprint density at radius 3 is 2.73 bits per heavy atom. The molecule has 1 N–H and O–H groups in total. The number of ketones is 1. The first-order valence-electron chi connectivity index (χ1n) is 5.48. The van der Waals surface area contributed by atoms with Crippen LogP contribution < -0.4 is 5.32 Å². The van der Waals surface area contributed by atoms with Gasteiger partial charge in [-0.05, 0) is 44.5 Å². The maximum Gasteiger partial charge on any atom is 0.163 e. The van der Waals surface area contributed by atoms with Crippen molar-refractivity contribution < 1.29 is 4.79 Å². The molecule has 1 aliphatic heterocycles. The number of rotatable bonds is 3. The molecule has 1 fully saturated rings. The minimum absolute atomic E-state index is 0.294. The molecule has 0 amide bonds. The standard InChI is InChI=1S/C13H17NO/c1-9-3-4-10(2)12(5-9)13(15)6-11-7-14-8-11/h3-5,11,14H,6-8H2,1-2H3. The fraction of sp³-hybridized carbons (Fsp3) is 0.462. The van der Waals surface area contributed by atoms with Crippen LogP contribution in [0.2, 0.25) is 0 Å². The van der Waals surface area contributed by atoms with Gasteiger partial charge >= 0.3 is 0 Å². The van der Waals surface area contributed by atoms with Crippen molar-refractivity contribution in [2.75, 3.05) is 13.1 Å². The van der Waals surface area contributed by atoms with Crippen molar-refractivity contribution in [3.8, 4) is 0 Å². The van der Waals surface area contributed by atoms with E-state index in [2.05, 4.69) is 11.4 Å². The van der Waals surface area contributed by atoms with Crippen molar-refractivity contribution in [3.05, 3.63) is 34.9 Å². The maximum absolute atomic E-state index is 12.0. The molecule has 2 rings (SSSR count). The molecule has 0 aromatic heterocycles. The van der Waals surface area contributed by atoms with E-state index in [0.29, 0.717) is 18.1 Å². The first-order chi connectivity index (χ1) is 7.16. The lowest BCUT2D eigenvalue weighted by Gasteiger charge is -2.26. The molecule has 2 nitrogen and oxygen atoms in total. The van der Waals surface area contributed by atoms with Crippen LogP contribution in [0.25, 0.3) is 0 Å². The third-order valence-corrected chi connectivity index (χ3v) is 3.03.